The molecule has 0 spiro atoms. The zero-order valence-electron chi connectivity index (χ0n) is 11.6. The number of aryl methyl sites for hydroxylation is 1. The summed E-state index contributed by atoms with van der Waals surface area (Å²) in [5.41, 5.74) is 1.24. The van der Waals surface area contributed by atoms with Crippen molar-refractivity contribution < 1.29 is 9.90 Å². The van der Waals surface area contributed by atoms with E-state index in [-0.39, 0.29) is 6.04 Å². The summed E-state index contributed by atoms with van der Waals surface area (Å²) in [4.78, 5) is 12.5. The predicted octanol–water partition coefficient (Wildman–Crippen LogP) is 4.55. The van der Waals surface area contributed by atoms with Crippen molar-refractivity contribution in [3.63, 3.8) is 0 Å². The fourth-order valence-corrected chi connectivity index (χ4v) is 2.63. The molecule has 0 saturated heterocycles. The van der Waals surface area contributed by atoms with Crippen LogP contribution in [0.1, 0.15) is 38.2 Å². The van der Waals surface area contributed by atoms with Crippen LogP contribution in [-0.4, -0.2) is 29.2 Å². The van der Waals surface area contributed by atoms with E-state index in [0.29, 0.717) is 0 Å². The highest BCUT2D eigenvalue weighted by Crippen LogP contribution is 2.20. The number of hydrogen-bond donors (Lipinski definition) is 1. The first-order chi connectivity index (χ1) is 9.06. The van der Waals surface area contributed by atoms with Gasteiger partial charge in [-0.1, -0.05) is 53.9 Å². The van der Waals surface area contributed by atoms with Gasteiger partial charge in [-0.2, -0.15) is 0 Å². The number of halogens is 1. The lowest BCUT2D eigenvalue weighted by Crippen LogP contribution is -2.36. The molecule has 0 aliphatic carbocycles. The lowest BCUT2D eigenvalue weighted by molar-refractivity contribution is 0.132. The maximum absolute atomic E-state index is 11.1. The number of benzene rings is 1. The maximum atomic E-state index is 11.1. The van der Waals surface area contributed by atoms with E-state index in [9.17, 15) is 4.79 Å². The summed E-state index contributed by atoms with van der Waals surface area (Å²) in [6.45, 7) is 2.13. The molecule has 1 atom stereocenters. The minimum absolute atomic E-state index is 0.101. The van der Waals surface area contributed by atoms with Gasteiger partial charge >= 0.3 is 6.09 Å². The number of unbranched alkanes of at least 4 members (excludes halogenated alkanes) is 1. The summed E-state index contributed by atoms with van der Waals surface area (Å²) in [5.74, 6) is 0. The first kappa shape index (κ1) is 16.0. The molecule has 1 N–H and O–H groups in total. The van der Waals surface area contributed by atoms with E-state index in [4.69, 9.17) is 5.11 Å². The van der Waals surface area contributed by atoms with Gasteiger partial charge in [0.2, 0.25) is 0 Å². The molecular formula is C15H22BrNO2. The van der Waals surface area contributed by atoms with Crippen molar-refractivity contribution in [2.75, 3.05) is 7.05 Å². The van der Waals surface area contributed by atoms with Gasteiger partial charge in [0.15, 0.2) is 0 Å². The van der Waals surface area contributed by atoms with Gasteiger partial charge in [-0.3, -0.25) is 0 Å². The number of rotatable bonds is 7. The number of carboxylic acid groups (broad SMARTS) is 1. The molecule has 4 heteroatoms. The molecule has 0 fully saturated rings. The van der Waals surface area contributed by atoms with E-state index < -0.39 is 6.09 Å². The number of hydrogen-bond acceptors (Lipinski definition) is 1. The number of carbonyl (C=O) groups is 1. The van der Waals surface area contributed by atoms with Gasteiger partial charge in [0.1, 0.15) is 0 Å². The third-order valence-electron chi connectivity index (χ3n) is 3.45. The fourth-order valence-electron chi connectivity index (χ4n) is 2.15. The normalized spacial score (nSPS) is 12.2. The molecule has 1 amide bonds. The molecule has 1 aromatic carbocycles. The molecule has 106 valence electrons. The van der Waals surface area contributed by atoms with Crippen LogP contribution in [0.25, 0.3) is 0 Å². The standard InChI is InChI=1S/C15H22BrNO2/c1-3-4-8-13(17(2)15(18)19)11-10-12-7-5-6-9-14(12)16/h5-7,9,13H,3-4,8,10-11H2,1-2H3,(H,18,19). The monoisotopic (exact) mass is 327 g/mol. The smallest absolute Gasteiger partial charge is 0.407 e. The lowest BCUT2D eigenvalue weighted by atomic mass is 10.00. The zero-order valence-corrected chi connectivity index (χ0v) is 13.2. The van der Waals surface area contributed by atoms with E-state index in [0.717, 1.165) is 36.6 Å². The van der Waals surface area contributed by atoms with E-state index in [2.05, 4.69) is 28.9 Å². The first-order valence-electron chi connectivity index (χ1n) is 6.75. The van der Waals surface area contributed by atoms with Gasteiger partial charge in [-0.15, -0.1) is 0 Å². The molecule has 0 aromatic heterocycles. The molecule has 19 heavy (non-hydrogen) atoms. The van der Waals surface area contributed by atoms with Crippen LogP contribution >= 0.6 is 15.9 Å². The van der Waals surface area contributed by atoms with Crippen LogP contribution in [-0.2, 0) is 6.42 Å². The van der Waals surface area contributed by atoms with Crippen molar-refractivity contribution in [1.29, 1.82) is 0 Å². The molecular weight excluding hydrogens is 306 g/mol. The largest absolute Gasteiger partial charge is 0.465 e. The number of nitrogens with zero attached hydrogens (tertiary/aromatic N) is 1. The number of amides is 1. The maximum Gasteiger partial charge on any atom is 0.407 e. The van der Waals surface area contributed by atoms with Gasteiger partial charge in [-0.25, -0.2) is 4.79 Å². The van der Waals surface area contributed by atoms with Crippen molar-refractivity contribution in [1.82, 2.24) is 4.90 Å². The molecule has 1 unspecified atom stereocenters. The topological polar surface area (TPSA) is 40.5 Å². The highest BCUT2D eigenvalue weighted by atomic mass is 79.9. The minimum atomic E-state index is -0.840. The van der Waals surface area contributed by atoms with E-state index in [1.54, 1.807) is 7.05 Å². The zero-order chi connectivity index (χ0) is 14.3. The lowest BCUT2D eigenvalue weighted by Gasteiger charge is -2.26. The van der Waals surface area contributed by atoms with Gasteiger partial charge in [0.05, 0.1) is 0 Å². The third kappa shape index (κ3) is 5.23. The Balaban J connectivity index is 2.62. The quantitative estimate of drug-likeness (QED) is 0.798. The summed E-state index contributed by atoms with van der Waals surface area (Å²) >= 11 is 3.54. The van der Waals surface area contributed by atoms with Crippen LogP contribution in [0.4, 0.5) is 4.79 Å². The molecule has 1 rings (SSSR count). The molecule has 3 nitrogen and oxygen atoms in total. The highest BCUT2D eigenvalue weighted by Gasteiger charge is 2.18. The van der Waals surface area contributed by atoms with Crippen LogP contribution in [0.3, 0.4) is 0 Å². The van der Waals surface area contributed by atoms with Crippen LogP contribution in [0.2, 0.25) is 0 Å². The van der Waals surface area contributed by atoms with Crippen LogP contribution in [0, 0.1) is 0 Å². The van der Waals surface area contributed by atoms with Gasteiger partial charge in [0.25, 0.3) is 0 Å². The van der Waals surface area contributed by atoms with E-state index in [1.165, 1.54) is 10.5 Å². The van der Waals surface area contributed by atoms with Crippen LogP contribution in [0.15, 0.2) is 28.7 Å². The molecule has 0 saturated carbocycles. The van der Waals surface area contributed by atoms with Gasteiger partial charge in [-0.05, 0) is 30.9 Å². The minimum Gasteiger partial charge on any atom is -0.465 e. The second-order valence-corrected chi connectivity index (χ2v) is 5.67. The average Bonchev–Trinajstić information content (AvgIpc) is 2.40. The van der Waals surface area contributed by atoms with E-state index >= 15 is 0 Å². The Morgan fingerprint density at radius 1 is 1.37 bits per heavy atom. The SMILES string of the molecule is CCCCC(CCc1ccccc1Br)N(C)C(=O)O. The predicted molar refractivity (Wildman–Crippen MR) is 81.6 cm³/mol. The Hall–Kier alpha value is -1.03. The summed E-state index contributed by atoms with van der Waals surface area (Å²) in [7, 11) is 1.67. The van der Waals surface area contributed by atoms with Crippen molar-refractivity contribution in [3.05, 3.63) is 34.3 Å². The fraction of sp³-hybridized carbons (Fsp3) is 0.533. The second kappa shape index (κ2) is 8.20. The highest BCUT2D eigenvalue weighted by molar-refractivity contribution is 9.10. The van der Waals surface area contributed by atoms with E-state index in [1.807, 2.05) is 18.2 Å². The van der Waals surface area contributed by atoms with Crippen LogP contribution < -0.4 is 0 Å². The van der Waals surface area contributed by atoms with Crippen molar-refractivity contribution in [2.45, 2.75) is 45.1 Å². The van der Waals surface area contributed by atoms with Crippen molar-refractivity contribution >= 4 is 22.0 Å². The second-order valence-electron chi connectivity index (χ2n) is 4.82. The molecule has 0 aliphatic heterocycles. The van der Waals surface area contributed by atoms with Gasteiger partial charge < -0.3 is 10.0 Å². The molecule has 0 radical (unpaired) electrons. The molecule has 0 aliphatic rings. The Kier molecular flexibility index (Phi) is 6.92. The van der Waals surface area contributed by atoms with Crippen LogP contribution in [0.5, 0.6) is 0 Å². The molecule has 0 heterocycles. The summed E-state index contributed by atoms with van der Waals surface area (Å²) < 4.78 is 1.10. The Morgan fingerprint density at radius 2 is 2.05 bits per heavy atom. The Bertz CT molecular complexity index is 409. The Labute approximate surface area is 123 Å². The summed E-state index contributed by atoms with van der Waals surface area (Å²) in [6.07, 6.45) is 4.02. The van der Waals surface area contributed by atoms with Crippen molar-refractivity contribution in [3.8, 4) is 0 Å². The molecule has 1 aromatic rings. The molecule has 0 bridgehead atoms. The summed E-state index contributed by atoms with van der Waals surface area (Å²) in [6, 6.07) is 8.22. The average molecular weight is 328 g/mol. The third-order valence-corrected chi connectivity index (χ3v) is 4.22. The van der Waals surface area contributed by atoms with Crippen molar-refractivity contribution in [2.24, 2.45) is 0 Å². The first-order valence-corrected chi connectivity index (χ1v) is 7.54. The Morgan fingerprint density at radius 3 is 2.63 bits per heavy atom. The van der Waals surface area contributed by atoms with Gasteiger partial charge in [0, 0.05) is 17.6 Å². The summed E-state index contributed by atoms with van der Waals surface area (Å²) in [5, 5.41) is 9.12.